The monoisotopic (exact) mass is 320 g/mol. The molecule has 0 aliphatic rings. The zero-order valence-corrected chi connectivity index (χ0v) is 13.5. The van der Waals surface area contributed by atoms with Gasteiger partial charge in [0.25, 0.3) is 0 Å². The van der Waals surface area contributed by atoms with Crippen LogP contribution >= 0.6 is 0 Å². The van der Waals surface area contributed by atoms with Crippen LogP contribution in [0.1, 0.15) is 31.2 Å². The van der Waals surface area contributed by atoms with Gasteiger partial charge in [0, 0.05) is 32.6 Å². The van der Waals surface area contributed by atoms with Crippen molar-refractivity contribution in [2.24, 2.45) is 0 Å². The molecule has 126 valence electrons. The molecule has 0 unspecified atom stereocenters. The fraction of sp³-hybridized carbons (Fsp3) is 0.444. The Morgan fingerprint density at radius 3 is 2.65 bits per heavy atom. The average molecular weight is 320 g/mol. The predicted octanol–water partition coefficient (Wildman–Crippen LogP) is 3.04. The molecule has 0 aliphatic heterocycles. The third-order valence-electron chi connectivity index (χ3n) is 3.01. The van der Waals surface area contributed by atoms with Crippen LogP contribution in [0, 0.1) is 0 Å². The highest BCUT2D eigenvalue weighted by atomic mass is 16.7. The van der Waals surface area contributed by atoms with E-state index in [0.29, 0.717) is 32.3 Å². The number of carbonyl (C=O) groups is 2. The first-order valence-corrected chi connectivity index (χ1v) is 7.68. The van der Waals surface area contributed by atoms with Gasteiger partial charge in [-0.1, -0.05) is 36.4 Å². The van der Waals surface area contributed by atoms with E-state index in [1.807, 2.05) is 30.3 Å². The molecule has 0 fully saturated rings. The van der Waals surface area contributed by atoms with E-state index in [9.17, 15) is 9.59 Å². The molecule has 0 aliphatic carbocycles. The van der Waals surface area contributed by atoms with Crippen molar-refractivity contribution in [2.75, 3.05) is 20.5 Å². The van der Waals surface area contributed by atoms with Crippen LogP contribution in [0.3, 0.4) is 0 Å². The minimum absolute atomic E-state index is 0.160. The molecule has 1 rings (SSSR count). The number of ether oxygens (including phenoxy) is 3. The molecule has 0 amide bonds. The number of methoxy groups -OCH3 is 1. The van der Waals surface area contributed by atoms with Gasteiger partial charge in [0.2, 0.25) is 0 Å². The lowest BCUT2D eigenvalue weighted by molar-refractivity contribution is -0.139. The minimum Gasteiger partial charge on any atom is -0.458 e. The number of hydrogen-bond acceptors (Lipinski definition) is 5. The lowest BCUT2D eigenvalue weighted by Crippen LogP contribution is -2.03. The summed E-state index contributed by atoms with van der Waals surface area (Å²) in [6.07, 6.45) is 5.18. The average Bonchev–Trinajstić information content (AvgIpc) is 2.57. The van der Waals surface area contributed by atoms with Crippen molar-refractivity contribution in [2.45, 2.75) is 32.3 Å². The molecule has 0 spiro atoms. The van der Waals surface area contributed by atoms with E-state index in [0.717, 1.165) is 5.56 Å². The van der Waals surface area contributed by atoms with Crippen LogP contribution in [0.15, 0.2) is 42.5 Å². The molecule has 0 atom stereocenters. The predicted molar refractivity (Wildman–Crippen MR) is 86.7 cm³/mol. The van der Waals surface area contributed by atoms with Crippen molar-refractivity contribution >= 4 is 11.8 Å². The maximum atomic E-state index is 11.6. The van der Waals surface area contributed by atoms with Crippen LogP contribution in [0.2, 0.25) is 0 Å². The van der Waals surface area contributed by atoms with E-state index >= 15 is 0 Å². The van der Waals surface area contributed by atoms with Gasteiger partial charge in [-0.2, -0.15) is 0 Å². The van der Waals surface area contributed by atoms with Crippen molar-refractivity contribution in [3.63, 3.8) is 0 Å². The number of allylic oxidation sites excluding steroid dienone is 1. The molecule has 0 saturated carbocycles. The first-order chi connectivity index (χ1) is 11.2. The second-order valence-electron chi connectivity index (χ2n) is 4.99. The topological polar surface area (TPSA) is 61.8 Å². The summed E-state index contributed by atoms with van der Waals surface area (Å²) in [6.45, 7) is 1.02. The zero-order valence-electron chi connectivity index (χ0n) is 13.5. The van der Waals surface area contributed by atoms with E-state index in [1.54, 1.807) is 13.2 Å². The van der Waals surface area contributed by atoms with Gasteiger partial charge >= 0.3 is 5.97 Å². The molecular formula is C18H24O5. The van der Waals surface area contributed by atoms with Crippen LogP contribution in [0.25, 0.3) is 0 Å². The molecule has 0 radical (unpaired) electrons. The van der Waals surface area contributed by atoms with Gasteiger partial charge in [-0.25, -0.2) is 4.79 Å². The van der Waals surface area contributed by atoms with Crippen molar-refractivity contribution in [3.05, 3.63) is 48.0 Å². The van der Waals surface area contributed by atoms with Gasteiger partial charge in [0.1, 0.15) is 19.2 Å². The van der Waals surface area contributed by atoms with Gasteiger partial charge in [0.05, 0.1) is 0 Å². The van der Waals surface area contributed by atoms with Gasteiger partial charge < -0.3 is 14.2 Å². The van der Waals surface area contributed by atoms with E-state index < -0.39 is 5.97 Å². The van der Waals surface area contributed by atoms with Crippen molar-refractivity contribution in [1.29, 1.82) is 0 Å². The van der Waals surface area contributed by atoms with Crippen LogP contribution in [-0.4, -0.2) is 32.3 Å². The Kier molecular flexibility index (Phi) is 10.4. The number of hydrogen-bond donors (Lipinski definition) is 0. The van der Waals surface area contributed by atoms with Gasteiger partial charge in [-0.15, -0.1) is 0 Å². The first-order valence-electron chi connectivity index (χ1n) is 7.68. The molecule has 5 heteroatoms. The van der Waals surface area contributed by atoms with E-state index in [4.69, 9.17) is 14.2 Å². The molecule has 0 bridgehead atoms. The Labute approximate surface area is 137 Å². The summed E-state index contributed by atoms with van der Waals surface area (Å²) in [7, 11) is 1.56. The number of carbonyl (C=O) groups excluding carboxylic acids is 2. The van der Waals surface area contributed by atoms with E-state index in [2.05, 4.69) is 0 Å². The Morgan fingerprint density at radius 1 is 1.13 bits per heavy atom. The molecule has 0 N–H and O–H groups in total. The Morgan fingerprint density at radius 2 is 1.91 bits per heavy atom. The maximum Gasteiger partial charge on any atom is 0.330 e. The fourth-order valence-electron chi connectivity index (χ4n) is 1.84. The summed E-state index contributed by atoms with van der Waals surface area (Å²) < 4.78 is 14.9. The lowest BCUT2D eigenvalue weighted by atomic mass is 10.1. The van der Waals surface area contributed by atoms with Gasteiger partial charge in [-0.3, -0.25) is 4.79 Å². The number of ketones is 1. The first kappa shape index (κ1) is 19.1. The number of Topliss-reactive ketones (excluding diaryl/α,β-unsaturated/α-hetero) is 1. The zero-order chi connectivity index (χ0) is 16.8. The number of esters is 1. The lowest BCUT2D eigenvalue weighted by Gasteiger charge is -2.02. The van der Waals surface area contributed by atoms with E-state index in [1.165, 1.54) is 6.08 Å². The summed E-state index contributed by atoms with van der Waals surface area (Å²) in [5.74, 6) is -0.234. The molecule has 5 nitrogen and oxygen atoms in total. The third kappa shape index (κ3) is 10.4. The van der Waals surface area contributed by atoms with Crippen LogP contribution in [-0.2, 0) is 30.4 Å². The largest absolute Gasteiger partial charge is 0.458 e. The summed E-state index contributed by atoms with van der Waals surface area (Å²) >= 11 is 0. The fourth-order valence-corrected chi connectivity index (χ4v) is 1.84. The Balaban J connectivity index is 2.06. The van der Waals surface area contributed by atoms with Crippen molar-refractivity contribution in [3.8, 4) is 0 Å². The minimum atomic E-state index is -0.394. The summed E-state index contributed by atoms with van der Waals surface area (Å²) in [5, 5.41) is 0. The van der Waals surface area contributed by atoms with Crippen molar-refractivity contribution < 1.29 is 23.8 Å². The smallest absolute Gasteiger partial charge is 0.330 e. The highest BCUT2D eigenvalue weighted by molar-refractivity contribution is 5.82. The molecule has 23 heavy (non-hydrogen) atoms. The third-order valence-corrected chi connectivity index (χ3v) is 3.01. The van der Waals surface area contributed by atoms with Crippen LogP contribution in [0.5, 0.6) is 0 Å². The summed E-state index contributed by atoms with van der Waals surface area (Å²) in [4.78, 5) is 23.1. The van der Waals surface area contributed by atoms with Crippen LogP contribution in [0.4, 0.5) is 0 Å². The second-order valence-corrected chi connectivity index (χ2v) is 4.99. The quantitative estimate of drug-likeness (QED) is 0.256. The Hall–Kier alpha value is -1.98. The SMILES string of the molecule is COCOCCCC(=O)CC/C=C/C(=O)OCc1ccccc1. The van der Waals surface area contributed by atoms with Gasteiger partial charge in [-0.05, 0) is 18.4 Å². The Bertz CT molecular complexity index is 481. The highest BCUT2D eigenvalue weighted by Crippen LogP contribution is 2.03. The summed E-state index contributed by atoms with van der Waals surface area (Å²) in [5.41, 5.74) is 0.945. The molecular weight excluding hydrogens is 296 g/mol. The molecule has 1 aromatic rings. The molecule has 0 saturated heterocycles. The maximum absolute atomic E-state index is 11.6. The van der Waals surface area contributed by atoms with Crippen LogP contribution < -0.4 is 0 Å². The molecule has 0 heterocycles. The summed E-state index contributed by atoms with van der Waals surface area (Å²) in [6, 6.07) is 9.49. The van der Waals surface area contributed by atoms with E-state index in [-0.39, 0.29) is 19.2 Å². The molecule has 0 aromatic heterocycles. The second kappa shape index (κ2) is 12.6. The highest BCUT2D eigenvalue weighted by Gasteiger charge is 2.01. The normalized spacial score (nSPS) is 10.8. The number of benzene rings is 1. The molecule has 1 aromatic carbocycles. The van der Waals surface area contributed by atoms with Crippen molar-refractivity contribution in [1.82, 2.24) is 0 Å². The van der Waals surface area contributed by atoms with Gasteiger partial charge in [0.15, 0.2) is 0 Å². The standard InChI is InChI=1S/C18H24O5/c1-21-15-22-13-7-11-17(19)10-5-6-12-18(20)23-14-16-8-3-2-4-9-16/h2-4,6,8-9,12H,5,7,10-11,13-15H2,1H3/b12-6+. The number of rotatable bonds is 12.